The summed E-state index contributed by atoms with van der Waals surface area (Å²) in [6, 6.07) is 12.5. The lowest BCUT2D eigenvalue weighted by atomic mass is 10.1. The van der Waals surface area contributed by atoms with Gasteiger partial charge in [-0.2, -0.15) is 0 Å². The quantitative estimate of drug-likeness (QED) is 0.931. The molecule has 0 aliphatic carbocycles. The van der Waals surface area contributed by atoms with Gasteiger partial charge in [0.25, 0.3) is 0 Å². The lowest BCUT2D eigenvalue weighted by molar-refractivity contribution is -0.131. The normalized spacial score (nSPS) is 18.1. The van der Waals surface area contributed by atoms with E-state index in [-0.39, 0.29) is 24.4 Å². The number of aromatic nitrogens is 1. The van der Waals surface area contributed by atoms with Crippen LogP contribution in [0.1, 0.15) is 18.0 Å². The smallest absolute Gasteiger partial charge is 0.244 e. The van der Waals surface area contributed by atoms with Crippen LogP contribution in [0.15, 0.2) is 54.9 Å². The Kier molecular flexibility index (Phi) is 5.96. The summed E-state index contributed by atoms with van der Waals surface area (Å²) in [7, 11) is 0. The number of rotatable bonds is 4. The van der Waals surface area contributed by atoms with Crippen molar-refractivity contribution in [1.29, 1.82) is 0 Å². The maximum absolute atomic E-state index is 12.5. The van der Waals surface area contributed by atoms with Crippen LogP contribution in [0.25, 0.3) is 0 Å². The van der Waals surface area contributed by atoms with E-state index in [9.17, 15) is 4.79 Å². The number of benzene rings is 1. The van der Waals surface area contributed by atoms with Crippen molar-refractivity contribution in [2.24, 2.45) is 5.73 Å². The first-order valence-corrected chi connectivity index (χ1v) is 7.40. The van der Waals surface area contributed by atoms with E-state index in [2.05, 4.69) is 4.98 Å². The molecule has 3 rings (SSSR count). The number of nitrogens with zero attached hydrogens (tertiary/aromatic N) is 2. The summed E-state index contributed by atoms with van der Waals surface area (Å²) >= 11 is 0. The highest BCUT2D eigenvalue weighted by molar-refractivity contribution is 5.85. The Bertz CT molecular complexity index is 624. The first kappa shape index (κ1) is 17.2. The van der Waals surface area contributed by atoms with E-state index < -0.39 is 6.04 Å². The number of amides is 1. The molecule has 0 saturated carbocycles. The van der Waals surface area contributed by atoms with Crippen LogP contribution >= 0.6 is 12.4 Å². The average Bonchev–Trinajstić information content (AvgIpc) is 3.04. The molecule has 23 heavy (non-hydrogen) atoms. The van der Waals surface area contributed by atoms with Crippen molar-refractivity contribution in [2.75, 3.05) is 13.1 Å². The van der Waals surface area contributed by atoms with Gasteiger partial charge >= 0.3 is 0 Å². The lowest BCUT2D eigenvalue weighted by Crippen LogP contribution is -2.38. The number of carbonyl (C=O) groups is 1. The number of ether oxygens (including phenoxy) is 1. The minimum atomic E-state index is -0.613. The Morgan fingerprint density at radius 2 is 2.04 bits per heavy atom. The van der Waals surface area contributed by atoms with Crippen molar-refractivity contribution in [3.63, 3.8) is 0 Å². The van der Waals surface area contributed by atoms with E-state index >= 15 is 0 Å². The fourth-order valence-corrected chi connectivity index (χ4v) is 2.63. The van der Waals surface area contributed by atoms with Gasteiger partial charge in [-0.05, 0) is 17.7 Å². The van der Waals surface area contributed by atoms with Gasteiger partial charge in [0.1, 0.15) is 17.9 Å². The van der Waals surface area contributed by atoms with E-state index in [1.54, 1.807) is 17.3 Å². The molecule has 2 heterocycles. The molecule has 1 aromatic heterocycles. The number of hydrogen-bond acceptors (Lipinski definition) is 4. The van der Waals surface area contributed by atoms with E-state index in [0.29, 0.717) is 13.1 Å². The molecular weight excluding hydrogens is 314 g/mol. The minimum absolute atomic E-state index is 0. The molecule has 1 saturated heterocycles. The standard InChI is InChI=1S/C17H19N3O2.ClH/c18-16(13-5-2-1-3-6-13)17(21)20-10-8-15(12-20)22-14-7-4-9-19-11-14;/h1-7,9,11,15-16H,8,10,12,18H2;1H. The summed E-state index contributed by atoms with van der Waals surface area (Å²) in [4.78, 5) is 18.3. The Morgan fingerprint density at radius 3 is 2.74 bits per heavy atom. The summed E-state index contributed by atoms with van der Waals surface area (Å²) in [5.74, 6) is 0.678. The van der Waals surface area contributed by atoms with Crippen LogP contribution in [0.4, 0.5) is 0 Å². The molecule has 1 amide bonds. The third-order valence-corrected chi connectivity index (χ3v) is 3.82. The van der Waals surface area contributed by atoms with Crippen molar-refractivity contribution >= 4 is 18.3 Å². The second-order valence-corrected chi connectivity index (χ2v) is 5.39. The van der Waals surface area contributed by atoms with Crippen LogP contribution in [-0.2, 0) is 4.79 Å². The molecule has 6 heteroatoms. The number of carbonyl (C=O) groups excluding carboxylic acids is 1. The number of likely N-dealkylation sites (tertiary alicyclic amines) is 1. The first-order valence-electron chi connectivity index (χ1n) is 7.40. The van der Waals surface area contributed by atoms with Crippen molar-refractivity contribution < 1.29 is 9.53 Å². The molecule has 2 atom stereocenters. The molecular formula is C17H20ClN3O2. The van der Waals surface area contributed by atoms with Gasteiger partial charge in [0.05, 0.1) is 12.7 Å². The van der Waals surface area contributed by atoms with Gasteiger partial charge in [-0.1, -0.05) is 30.3 Å². The zero-order valence-electron chi connectivity index (χ0n) is 12.7. The zero-order chi connectivity index (χ0) is 15.4. The molecule has 2 N–H and O–H groups in total. The monoisotopic (exact) mass is 333 g/mol. The fourth-order valence-electron chi connectivity index (χ4n) is 2.63. The van der Waals surface area contributed by atoms with Crippen LogP contribution in [0.5, 0.6) is 5.75 Å². The SMILES string of the molecule is Cl.NC(C(=O)N1CCC(Oc2cccnc2)C1)c1ccccc1. The molecule has 1 aromatic carbocycles. The molecule has 2 unspecified atom stereocenters. The molecule has 122 valence electrons. The largest absolute Gasteiger partial charge is 0.487 e. The average molecular weight is 334 g/mol. The Hall–Kier alpha value is -2.11. The highest BCUT2D eigenvalue weighted by Crippen LogP contribution is 2.20. The number of halogens is 1. The molecule has 1 aliphatic rings. The van der Waals surface area contributed by atoms with Crippen LogP contribution in [0, 0.1) is 0 Å². The second kappa shape index (κ2) is 7.94. The van der Waals surface area contributed by atoms with Gasteiger partial charge in [-0.15, -0.1) is 12.4 Å². The molecule has 0 spiro atoms. The fraction of sp³-hybridized carbons (Fsp3) is 0.294. The summed E-state index contributed by atoms with van der Waals surface area (Å²) in [5, 5.41) is 0. The van der Waals surface area contributed by atoms with Gasteiger partial charge < -0.3 is 15.4 Å². The summed E-state index contributed by atoms with van der Waals surface area (Å²) in [6.45, 7) is 1.23. The second-order valence-electron chi connectivity index (χ2n) is 5.39. The van der Waals surface area contributed by atoms with Gasteiger partial charge in [-0.3, -0.25) is 9.78 Å². The lowest BCUT2D eigenvalue weighted by Gasteiger charge is -2.21. The topological polar surface area (TPSA) is 68.5 Å². The summed E-state index contributed by atoms with van der Waals surface area (Å²) in [5.41, 5.74) is 6.91. The van der Waals surface area contributed by atoms with Crippen LogP contribution < -0.4 is 10.5 Å². The Morgan fingerprint density at radius 1 is 1.26 bits per heavy atom. The van der Waals surface area contributed by atoms with Gasteiger partial charge in [0.2, 0.25) is 5.91 Å². The number of pyridine rings is 1. The van der Waals surface area contributed by atoms with Crippen molar-refractivity contribution in [3.8, 4) is 5.75 Å². The van der Waals surface area contributed by atoms with Gasteiger partial charge in [0, 0.05) is 19.2 Å². The molecule has 0 bridgehead atoms. The van der Waals surface area contributed by atoms with E-state index in [0.717, 1.165) is 17.7 Å². The zero-order valence-corrected chi connectivity index (χ0v) is 13.5. The van der Waals surface area contributed by atoms with Crippen molar-refractivity contribution in [2.45, 2.75) is 18.6 Å². The highest BCUT2D eigenvalue weighted by atomic mass is 35.5. The van der Waals surface area contributed by atoms with Crippen molar-refractivity contribution in [3.05, 3.63) is 60.4 Å². The predicted molar refractivity (Wildman–Crippen MR) is 90.5 cm³/mol. The number of hydrogen-bond donors (Lipinski definition) is 1. The molecule has 0 radical (unpaired) electrons. The maximum atomic E-state index is 12.5. The van der Waals surface area contributed by atoms with Gasteiger partial charge in [0.15, 0.2) is 0 Å². The Labute approximate surface area is 141 Å². The molecule has 1 fully saturated rings. The highest BCUT2D eigenvalue weighted by Gasteiger charge is 2.30. The first-order chi connectivity index (χ1) is 10.7. The summed E-state index contributed by atoms with van der Waals surface area (Å²) < 4.78 is 5.84. The maximum Gasteiger partial charge on any atom is 0.244 e. The van der Waals surface area contributed by atoms with Crippen molar-refractivity contribution in [1.82, 2.24) is 9.88 Å². The summed E-state index contributed by atoms with van der Waals surface area (Å²) in [6.07, 6.45) is 4.19. The molecule has 5 nitrogen and oxygen atoms in total. The third kappa shape index (κ3) is 4.21. The van der Waals surface area contributed by atoms with E-state index in [1.807, 2.05) is 42.5 Å². The number of nitrogens with two attached hydrogens (primary N) is 1. The van der Waals surface area contributed by atoms with Gasteiger partial charge in [-0.25, -0.2) is 0 Å². The van der Waals surface area contributed by atoms with Crippen LogP contribution in [-0.4, -0.2) is 35.0 Å². The molecule has 2 aromatic rings. The van der Waals surface area contributed by atoms with E-state index in [4.69, 9.17) is 10.5 Å². The third-order valence-electron chi connectivity index (χ3n) is 3.82. The van der Waals surface area contributed by atoms with Crippen LogP contribution in [0.2, 0.25) is 0 Å². The molecule has 1 aliphatic heterocycles. The van der Waals surface area contributed by atoms with E-state index in [1.165, 1.54) is 0 Å². The minimum Gasteiger partial charge on any atom is -0.487 e. The van der Waals surface area contributed by atoms with Crippen LogP contribution in [0.3, 0.4) is 0 Å². The predicted octanol–water partition coefficient (Wildman–Crippen LogP) is 2.18. The Balaban J connectivity index is 0.00000192.